The first-order valence-electron chi connectivity index (χ1n) is 11.3. The maximum atomic E-state index is 13.2. The Labute approximate surface area is 208 Å². The molecular formula is C26H27N3O7. The van der Waals surface area contributed by atoms with Crippen LogP contribution in [-0.2, 0) is 19.1 Å². The number of nitrogens with one attached hydrogen (secondary N) is 1. The molecule has 2 aromatic rings. The Morgan fingerprint density at radius 3 is 2.25 bits per heavy atom. The Hall–Kier alpha value is -4.31. The van der Waals surface area contributed by atoms with Crippen molar-refractivity contribution in [3.8, 4) is 0 Å². The molecule has 3 rings (SSSR count). The molecule has 36 heavy (non-hydrogen) atoms. The lowest BCUT2D eigenvalue weighted by atomic mass is 9.80. The van der Waals surface area contributed by atoms with Crippen LogP contribution in [0.5, 0.6) is 0 Å². The van der Waals surface area contributed by atoms with Crippen molar-refractivity contribution >= 4 is 23.7 Å². The third-order valence-corrected chi connectivity index (χ3v) is 5.50. The molecule has 0 spiro atoms. The Kier molecular flexibility index (Phi) is 9.07. The molecule has 1 aromatic carbocycles. The number of hydrogen-bond donors (Lipinski definition) is 2. The van der Waals surface area contributed by atoms with Gasteiger partial charge in [-0.1, -0.05) is 18.2 Å². The quantitative estimate of drug-likeness (QED) is 0.220. The highest BCUT2D eigenvalue weighted by molar-refractivity contribution is 6.00. The number of aliphatic hydroxyl groups is 1. The van der Waals surface area contributed by atoms with Gasteiger partial charge in [-0.2, -0.15) is 0 Å². The molecular weight excluding hydrogens is 466 g/mol. The number of pyridine rings is 1. The molecule has 0 bridgehead atoms. The predicted molar refractivity (Wildman–Crippen MR) is 131 cm³/mol. The van der Waals surface area contributed by atoms with Crippen molar-refractivity contribution in [2.24, 2.45) is 0 Å². The summed E-state index contributed by atoms with van der Waals surface area (Å²) in [6, 6.07) is 9.26. The average Bonchev–Trinajstić information content (AvgIpc) is 2.86. The fourth-order valence-electron chi connectivity index (χ4n) is 3.82. The van der Waals surface area contributed by atoms with E-state index < -0.39 is 22.8 Å². The first-order chi connectivity index (χ1) is 17.3. The van der Waals surface area contributed by atoms with E-state index in [1.807, 2.05) is 12.1 Å². The first kappa shape index (κ1) is 26.3. The highest BCUT2D eigenvalue weighted by Gasteiger charge is 2.38. The normalized spacial score (nSPS) is 15.6. The fourth-order valence-corrected chi connectivity index (χ4v) is 3.82. The van der Waals surface area contributed by atoms with Gasteiger partial charge in [0, 0.05) is 48.9 Å². The minimum atomic E-state index is -0.870. The van der Waals surface area contributed by atoms with Crippen LogP contribution in [0.3, 0.4) is 0 Å². The largest absolute Gasteiger partial charge is 0.462 e. The zero-order chi connectivity index (χ0) is 26.1. The van der Waals surface area contributed by atoms with Crippen LogP contribution in [0, 0.1) is 10.1 Å². The van der Waals surface area contributed by atoms with Crippen molar-refractivity contribution in [1.82, 2.24) is 10.3 Å². The smallest absolute Gasteiger partial charge is 0.337 e. The molecule has 0 saturated heterocycles. The Bertz CT molecular complexity index is 1200. The molecule has 1 unspecified atom stereocenters. The minimum Gasteiger partial charge on any atom is -0.462 e. The Balaban J connectivity index is 1.91. The summed E-state index contributed by atoms with van der Waals surface area (Å²) in [4.78, 5) is 40.8. The van der Waals surface area contributed by atoms with Crippen LogP contribution in [0.2, 0.25) is 0 Å². The Morgan fingerprint density at radius 2 is 1.67 bits per heavy atom. The average molecular weight is 494 g/mol. The summed E-state index contributed by atoms with van der Waals surface area (Å²) >= 11 is 0. The third-order valence-electron chi connectivity index (χ3n) is 5.50. The zero-order valence-corrected chi connectivity index (χ0v) is 20.0. The molecule has 1 atom stereocenters. The number of allylic oxidation sites excluding steroid dienone is 2. The van der Waals surface area contributed by atoms with Gasteiger partial charge in [0.2, 0.25) is 0 Å². The van der Waals surface area contributed by atoms with Gasteiger partial charge >= 0.3 is 11.9 Å². The highest BCUT2D eigenvalue weighted by atomic mass is 16.6. The van der Waals surface area contributed by atoms with Gasteiger partial charge in [-0.25, -0.2) is 9.59 Å². The van der Waals surface area contributed by atoms with E-state index in [9.17, 15) is 19.7 Å². The van der Waals surface area contributed by atoms with Crippen molar-refractivity contribution in [3.05, 3.63) is 98.6 Å². The van der Waals surface area contributed by atoms with Gasteiger partial charge in [0.05, 0.1) is 28.6 Å². The third kappa shape index (κ3) is 6.42. The molecule has 2 N–H and O–H groups in total. The second kappa shape index (κ2) is 12.4. The molecule has 10 heteroatoms. The van der Waals surface area contributed by atoms with Gasteiger partial charge in [0.25, 0.3) is 5.69 Å². The number of hydrogen-bond acceptors (Lipinski definition) is 9. The molecule has 10 nitrogen and oxygen atoms in total. The summed E-state index contributed by atoms with van der Waals surface area (Å²) in [7, 11) is 0. The second-order valence-corrected chi connectivity index (χ2v) is 7.98. The van der Waals surface area contributed by atoms with Crippen molar-refractivity contribution in [2.75, 3.05) is 19.8 Å². The molecule has 0 fully saturated rings. The molecule has 1 aliphatic rings. The van der Waals surface area contributed by atoms with E-state index in [0.29, 0.717) is 17.0 Å². The standard InChI is InChI=1S/C26H27N3O7/c1-17-22(25(31)35-15-3-5-19-10-12-27-13-11-19)24(20-6-8-21(9-7-20)29(33)34)23(18(2)28-17)26(32)36-16-4-14-30/h3,5-13,24,28,30H,4,14-16H2,1-2H3/b5-3+. The molecule has 188 valence electrons. The number of aromatic nitrogens is 1. The van der Waals surface area contributed by atoms with E-state index in [1.54, 1.807) is 38.4 Å². The van der Waals surface area contributed by atoms with Crippen molar-refractivity contribution in [3.63, 3.8) is 0 Å². The van der Waals surface area contributed by atoms with E-state index in [2.05, 4.69) is 10.3 Å². The number of nitro groups is 1. The van der Waals surface area contributed by atoms with Crippen molar-refractivity contribution in [1.29, 1.82) is 0 Å². The number of ether oxygens (including phenoxy) is 2. The summed E-state index contributed by atoms with van der Waals surface area (Å²) in [6.07, 6.45) is 7.04. The summed E-state index contributed by atoms with van der Waals surface area (Å²) in [5, 5.41) is 23.2. The lowest BCUT2D eigenvalue weighted by Gasteiger charge is -2.30. The lowest BCUT2D eigenvalue weighted by molar-refractivity contribution is -0.384. The van der Waals surface area contributed by atoms with Crippen LogP contribution in [0.1, 0.15) is 37.3 Å². The first-order valence-corrected chi connectivity index (χ1v) is 11.3. The van der Waals surface area contributed by atoms with Gasteiger partial charge in [0.1, 0.15) is 6.61 Å². The van der Waals surface area contributed by atoms with Gasteiger partial charge in [-0.15, -0.1) is 0 Å². The molecule has 0 radical (unpaired) electrons. The van der Waals surface area contributed by atoms with E-state index in [0.717, 1.165) is 5.56 Å². The summed E-state index contributed by atoms with van der Waals surface area (Å²) < 4.78 is 10.8. The van der Waals surface area contributed by atoms with E-state index >= 15 is 0 Å². The number of esters is 2. The molecule has 0 saturated carbocycles. The van der Waals surface area contributed by atoms with Crippen LogP contribution in [0.4, 0.5) is 5.69 Å². The van der Waals surface area contributed by atoms with E-state index in [1.165, 1.54) is 24.3 Å². The molecule has 1 aromatic heterocycles. The topological polar surface area (TPSA) is 141 Å². The maximum absolute atomic E-state index is 13.2. The van der Waals surface area contributed by atoms with Gasteiger partial charge < -0.3 is 19.9 Å². The SMILES string of the molecule is CC1=C(C(=O)OC/C=C/c2ccncc2)C(c2ccc([N+](=O)[O-])cc2)C(C(=O)OCCCO)=C(C)N1. The highest BCUT2D eigenvalue weighted by Crippen LogP contribution is 2.39. The zero-order valence-electron chi connectivity index (χ0n) is 20.0. The summed E-state index contributed by atoms with van der Waals surface area (Å²) in [6.45, 7) is 3.23. The van der Waals surface area contributed by atoms with Gasteiger partial charge in [0.15, 0.2) is 0 Å². The minimum absolute atomic E-state index is 0.00136. The number of rotatable bonds is 10. The molecule has 2 heterocycles. The Morgan fingerprint density at radius 1 is 1.06 bits per heavy atom. The lowest BCUT2D eigenvalue weighted by Crippen LogP contribution is -2.32. The number of aliphatic hydroxyl groups excluding tert-OH is 1. The molecule has 0 aliphatic carbocycles. The van der Waals surface area contributed by atoms with Crippen LogP contribution in [0.15, 0.2) is 77.4 Å². The summed E-state index contributed by atoms with van der Waals surface area (Å²) in [5.74, 6) is -2.17. The van der Waals surface area contributed by atoms with Gasteiger partial charge in [-0.05, 0) is 43.2 Å². The van der Waals surface area contributed by atoms with Gasteiger partial charge in [-0.3, -0.25) is 15.1 Å². The van der Waals surface area contributed by atoms with Crippen LogP contribution in [0.25, 0.3) is 6.08 Å². The second-order valence-electron chi connectivity index (χ2n) is 7.98. The van der Waals surface area contributed by atoms with Crippen LogP contribution in [-0.4, -0.2) is 46.8 Å². The summed E-state index contributed by atoms with van der Waals surface area (Å²) in [5.41, 5.74) is 2.63. The fraction of sp³-hybridized carbons (Fsp3) is 0.269. The number of nitro benzene ring substituents is 1. The monoisotopic (exact) mass is 493 g/mol. The molecule has 0 amide bonds. The maximum Gasteiger partial charge on any atom is 0.337 e. The number of carbonyl (C=O) groups excluding carboxylic acids is 2. The molecule has 1 aliphatic heterocycles. The number of carbonyl (C=O) groups is 2. The predicted octanol–water partition coefficient (Wildman–Crippen LogP) is 3.41. The van der Waals surface area contributed by atoms with E-state index in [-0.39, 0.29) is 43.1 Å². The van der Waals surface area contributed by atoms with Crippen LogP contribution >= 0.6 is 0 Å². The van der Waals surface area contributed by atoms with Crippen molar-refractivity contribution < 1.29 is 29.1 Å². The number of dihydropyridines is 1. The number of nitrogens with zero attached hydrogens (tertiary/aromatic N) is 2. The van der Waals surface area contributed by atoms with E-state index in [4.69, 9.17) is 14.6 Å². The number of benzene rings is 1. The van der Waals surface area contributed by atoms with Crippen LogP contribution < -0.4 is 5.32 Å². The van der Waals surface area contributed by atoms with Crippen molar-refractivity contribution in [2.45, 2.75) is 26.2 Å². The number of non-ortho nitro benzene ring substituents is 1.